The van der Waals surface area contributed by atoms with Crippen LogP contribution in [0.3, 0.4) is 0 Å². The average molecular weight is 268 g/mol. The Balaban J connectivity index is 2.74. The molecule has 0 aliphatic rings. The van der Waals surface area contributed by atoms with Gasteiger partial charge in [-0.25, -0.2) is 4.39 Å². The van der Waals surface area contributed by atoms with E-state index in [4.69, 9.17) is 10.5 Å². The monoisotopic (exact) mass is 268 g/mol. The highest BCUT2D eigenvalue weighted by Gasteiger charge is 2.17. The summed E-state index contributed by atoms with van der Waals surface area (Å²) in [5.74, 6) is -0.736. The summed E-state index contributed by atoms with van der Waals surface area (Å²) in [5, 5.41) is 2.71. The van der Waals surface area contributed by atoms with Crippen molar-refractivity contribution in [3.8, 4) is 5.75 Å². The first-order valence-electron chi connectivity index (χ1n) is 6.33. The van der Waals surface area contributed by atoms with E-state index in [-0.39, 0.29) is 23.7 Å². The first-order chi connectivity index (χ1) is 8.81. The lowest BCUT2D eigenvalue weighted by Gasteiger charge is -2.17. The molecule has 1 rings (SSSR count). The summed E-state index contributed by atoms with van der Waals surface area (Å²) >= 11 is 0. The second-order valence-corrected chi connectivity index (χ2v) is 4.90. The molecule has 1 unspecified atom stereocenters. The summed E-state index contributed by atoms with van der Waals surface area (Å²) in [6, 6.07) is 4.28. The maximum Gasteiger partial charge on any atom is 0.260 e. The van der Waals surface area contributed by atoms with Gasteiger partial charge >= 0.3 is 0 Å². The van der Waals surface area contributed by atoms with Crippen molar-refractivity contribution in [2.45, 2.75) is 45.9 Å². The molecular formula is C14H21FN2O2. The molecule has 0 bridgehead atoms. The Hall–Kier alpha value is -1.62. The maximum atomic E-state index is 13.8. The molecule has 0 aliphatic heterocycles. The van der Waals surface area contributed by atoms with Crippen LogP contribution in [0, 0.1) is 5.82 Å². The van der Waals surface area contributed by atoms with Crippen molar-refractivity contribution in [1.82, 2.24) is 5.32 Å². The van der Waals surface area contributed by atoms with Crippen LogP contribution >= 0.6 is 0 Å². The van der Waals surface area contributed by atoms with Crippen LogP contribution in [0.2, 0.25) is 0 Å². The predicted octanol–water partition coefficient (Wildman–Crippen LogP) is 2.14. The van der Waals surface area contributed by atoms with E-state index in [0.29, 0.717) is 5.56 Å². The quantitative estimate of drug-likeness (QED) is 0.860. The number of amides is 1. The lowest BCUT2D eigenvalue weighted by molar-refractivity contribution is -0.127. The molecule has 0 radical (unpaired) electrons. The number of hydrogen-bond acceptors (Lipinski definition) is 3. The van der Waals surface area contributed by atoms with Crippen LogP contribution in [0.1, 0.15) is 39.3 Å². The van der Waals surface area contributed by atoms with E-state index >= 15 is 0 Å². The smallest absolute Gasteiger partial charge is 0.260 e. The first-order valence-corrected chi connectivity index (χ1v) is 6.33. The number of carbonyl (C=O) groups is 1. The lowest BCUT2D eigenvalue weighted by Crippen LogP contribution is -2.40. The van der Waals surface area contributed by atoms with Crippen LogP contribution in [-0.4, -0.2) is 18.1 Å². The molecular weight excluding hydrogens is 247 g/mol. The summed E-state index contributed by atoms with van der Waals surface area (Å²) in [4.78, 5) is 11.7. The molecule has 1 aromatic rings. The third-order valence-electron chi connectivity index (χ3n) is 2.59. The zero-order valence-corrected chi connectivity index (χ0v) is 11.7. The van der Waals surface area contributed by atoms with Gasteiger partial charge in [0.05, 0.1) is 0 Å². The summed E-state index contributed by atoms with van der Waals surface area (Å²) in [6.07, 6.45) is -0.752. The Bertz CT molecular complexity index is 447. The minimum atomic E-state index is -0.752. The standard InChI is InChI=1S/C14H21FN2O2/c1-8(2)17-14(18)10(4)19-13-6-5-11(9(3)16)7-12(13)15/h5-10H,16H2,1-4H3,(H,17,18)/t9-,10?/m1/s1. The molecule has 0 fully saturated rings. The highest BCUT2D eigenvalue weighted by molar-refractivity contribution is 5.80. The first kappa shape index (κ1) is 15.4. The SMILES string of the molecule is CC(C)NC(=O)C(C)Oc1ccc([C@@H](C)N)cc1F. The Labute approximate surface area is 113 Å². The van der Waals surface area contributed by atoms with Gasteiger partial charge in [-0.05, 0) is 45.4 Å². The normalized spacial score (nSPS) is 14.1. The summed E-state index contributed by atoms with van der Waals surface area (Å²) in [5.41, 5.74) is 6.35. The number of rotatable bonds is 5. The van der Waals surface area contributed by atoms with Gasteiger partial charge in [0.25, 0.3) is 5.91 Å². The molecule has 1 aromatic carbocycles. The zero-order valence-electron chi connectivity index (χ0n) is 11.7. The Morgan fingerprint density at radius 1 is 1.32 bits per heavy atom. The number of hydrogen-bond donors (Lipinski definition) is 2. The maximum absolute atomic E-state index is 13.8. The average Bonchev–Trinajstić information content (AvgIpc) is 2.30. The fourth-order valence-corrected chi connectivity index (χ4v) is 1.54. The van der Waals surface area contributed by atoms with Gasteiger partial charge in [0, 0.05) is 12.1 Å². The van der Waals surface area contributed by atoms with Gasteiger partial charge in [0.1, 0.15) is 0 Å². The fraction of sp³-hybridized carbons (Fsp3) is 0.500. The minimum absolute atomic E-state index is 0.0175. The second-order valence-electron chi connectivity index (χ2n) is 4.90. The van der Waals surface area contributed by atoms with Gasteiger partial charge in [-0.3, -0.25) is 4.79 Å². The van der Waals surface area contributed by atoms with Crippen LogP contribution in [0.25, 0.3) is 0 Å². The van der Waals surface area contributed by atoms with Crippen LogP contribution in [0.5, 0.6) is 5.75 Å². The number of nitrogens with one attached hydrogen (secondary N) is 1. The molecule has 2 atom stereocenters. The van der Waals surface area contributed by atoms with Gasteiger partial charge in [0.2, 0.25) is 0 Å². The van der Waals surface area contributed by atoms with Crippen molar-refractivity contribution in [2.24, 2.45) is 5.73 Å². The van der Waals surface area contributed by atoms with Crippen LogP contribution < -0.4 is 15.8 Å². The molecule has 0 saturated heterocycles. The molecule has 3 N–H and O–H groups in total. The van der Waals surface area contributed by atoms with Crippen LogP contribution in [-0.2, 0) is 4.79 Å². The van der Waals surface area contributed by atoms with E-state index in [1.54, 1.807) is 19.9 Å². The van der Waals surface area contributed by atoms with E-state index < -0.39 is 11.9 Å². The number of carbonyl (C=O) groups excluding carboxylic acids is 1. The molecule has 19 heavy (non-hydrogen) atoms. The molecule has 4 nitrogen and oxygen atoms in total. The van der Waals surface area contributed by atoms with Crippen LogP contribution in [0.4, 0.5) is 4.39 Å². The highest BCUT2D eigenvalue weighted by Crippen LogP contribution is 2.22. The molecule has 0 aliphatic carbocycles. The van der Waals surface area contributed by atoms with Gasteiger partial charge in [0.15, 0.2) is 17.7 Å². The number of benzene rings is 1. The van der Waals surface area contributed by atoms with Crippen molar-refractivity contribution in [3.05, 3.63) is 29.6 Å². The Morgan fingerprint density at radius 3 is 2.42 bits per heavy atom. The number of ether oxygens (including phenoxy) is 1. The van der Waals surface area contributed by atoms with Crippen molar-refractivity contribution >= 4 is 5.91 Å². The van der Waals surface area contributed by atoms with Crippen molar-refractivity contribution in [1.29, 1.82) is 0 Å². The largest absolute Gasteiger partial charge is 0.478 e. The highest BCUT2D eigenvalue weighted by atomic mass is 19.1. The van der Waals surface area contributed by atoms with Crippen molar-refractivity contribution in [3.63, 3.8) is 0 Å². The third kappa shape index (κ3) is 4.52. The number of halogens is 1. The minimum Gasteiger partial charge on any atom is -0.478 e. The molecule has 5 heteroatoms. The molecule has 0 spiro atoms. The molecule has 0 heterocycles. The second kappa shape index (κ2) is 6.52. The van der Waals surface area contributed by atoms with E-state index in [2.05, 4.69) is 5.32 Å². The van der Waals surface area contributed by atoms with Gasteiger partial charge < -0.3 is 15.8 Å². The topological polar surface area (TPSA) is 64.3 Å². The molecule has 0 aromatic heterocycles. The molecule has 0 saturated carbocycles. The van der Waals surface area contributed by atoms with E-state index in [0.717, 1.165) is 0 Å². The van der Waals surface area contributed by atoms with Gasteiger partial charge in [-0.1, -0.05) is 6.07 Å². The van der Waals surface area contributed by atoms with Crippen LogP contribution in [0.15, 0.2) is 18.2 Å². The lowest BCUT2D eigenvalue weighted by atomic mass is 10.1. The van der Waals surface area contributed by atoms with E-state index in [1.807, 2.05) is 13.8 Å². The number of nitrogens with two attached hydrogens (primary N) is 1. The molecule has 106 valence electrons. The van der Waals surface area contributed by atoms with E-state index in [9.17, 15) is 9.18 Å². The molecule has 1 amide bonds. The summed E-state index contributed by atoms with van der Waals surface area (Å²) in [7, 11) is 0. The fourth-order valence-electron chi connectivity index (χ4n) is 1.54. The van der Waals surface area contributed by atoms with Crippen molar-refractivity contribution < 1.29 is 13.9 Å². The Kier molecular flexibility index (Phi) is 5.30. The van der Waals surface area contributed by atoms with Gasteiger partial charge in [-0.2, -0.15) is 0 Å². The summed E-state index contributed by atoms with van der Waals surface area (Å²) in [6.45, 7) is 7.05. The third-order valence-corrected chi connectivity index (χ3v) is 2.59. The van der Waals surface area contributed by atoms with Gasteiger partial charge in [-0.15, -0.1) is 0 Å². The predicted molar refractivity (Wildman–Crippen MR) is 72.4 cm³/mol. The zero-order chi connectivity index (χ0) is 14.6. The van der Waals surface area contributed by atoms with E-state index in [1.165, 1.54) is 12.1 Å². The summed E-state index contributed by atoms with van der Waals surface area (Å²) < 4.78 is 19.1. The van der Waals surface area contributed by atoms with Crippen molar-refractivity contribution in [2.75, 3.05) is 0 Å². The Morgan fingerprint density at radius 2 is 1.95 bits per heavy atom.